The Kier molecular flexibility index (Phi) is 5.30. The molecule has 0 fully saturated rings. The van der Waals surface area contributed by atoms with Crippen molar-refractivity contribution in [1.82, 2.24) is 4.57 Å². The van der Waals surface area contributed by atoms with Gasteiger partial charge in [0.15, 0.2) is 16.3 Å². The van der Waals surface area contributed by atoms with Crippen molar-refractivity contribution in [3.8, 4) is 11.5 Å². The molecule has 1 aromatic heterocycles. The third kappa shape index (κ3) is 4.00. The Hall–Kier alpha value is -3.20. The van der Waals surface area contributed by atoms with Gasteiger partial charge in [0.2, 0.25) is 6.79 Å². The predicted octanol–water partition coefficient (Wildman–Crippen LogP) is 2.80. The number of amides is 1. The number of hydrogen-bond donors (Lipinski definition) is 0. The van der Waals surface area contributed by atoms with Gasteiger partial charge in [-0.1, -0.05) is 23.5 Å². The summed E-state index contributed by atoms with van der Waals surface area (Å²) in [5, 5.41) is 0. The zero-order chi connectivity index (χ0) is 20.4. The van der Waals surface area contributed by atoms with Gasteiger partial charge in [-0.25, -0.2) is 4.39 Å². The molecule has 0 N–H and O–H groups in total. The fourth-order valence-electron chi connectivity index (χ4n) is 3.03. The van der Waals surface area contributed by atoms with Crippen LogP contribution < -0.4 is 14.3 Å². The van der Waals surface area contributed by atoms with Gasteiger partial charge in [0.05, 0.1) is 23.2 Å². The fourth-order valence-corrected chi connectivity index (χ4v) is 4.09. The molecule has 7 nitrogen and oxygen atoms in total. The van der Waals surface area contributed by atoms with Crippen molar-refractivity contribution in [2.45, 2.75) is 19.9 Å². The molecule has 1 amide bonds. The molecule has 0 saturated carbocycles. The summed E-state index contributed by atoms with van der Waals surface area (Å²) in [7, 11) is 0. The minimum Gasteiger partial charge on any atom is -0.465 e. The van der Waals surface area contributed by atoms with Crippen molar-refractivity contribution < 1.29 is 28.2 Å². The first-order valence-corrected chi connectivity index (χ1v) is 9.76. The van der Waals surface area contributed by atoms with Crippen LogP contribution in [0.15, 0.2) is 41.4 Å². The van der Waals surface area contributed by atoms with E-state index in [9.17, 15) is 14.0 Å². The van der Waals surface area contributed by atoms with Crippen LogP contribution in [0.2, 0.25) is 0 Å². The van der Waals surface area contributed by atoms with Gasteiger partial charge in [-0.15, -0.1) is 0 Å². The summed E-state index contributed by atoms with van der Waals surface area (Å²) < 4.78 is 31.9. The summed E-state index contributed by atoms with van der Waals surface area (Å²) in [6, 6.07) is 9.81. The van der Waals surface area contributed by atoms with Crippen molar-refractivity contribution in [3.05, 3.63) is 52.6 Å². The molecule has 0 bridgehead atoms. The lowest BCUT2D eigenvalue weighted by molar-refractivity contribution is -0.143. The monoisotopic (exact) mass is 416 g/mol. The number of hydrogen-bond acceptors (Lipinski definition) is 6. The maximum absolute atomic E-state index is 14.4. The number of nitrogens with zero attached hydrogens (tertiary/aromatic N) is 2. The van der Waals surface area contributed by atoms with Gasteiger partial charge in [-0.05, 0) is 36.8 Å². The number of thiazole rings is 1. The number of esters is 1. The summed E-state index contributed by atoms with van der Waals surface area (Å²) in [6.07, 6.45) is 0.0345. The van der Waals surface area contributed by atoms with Crippen LogP contribution in [0.3, 0.4) is 0 Å². The van der Waals surface area contributed by atoms with Gasteiger partial charge in [-0.2, -0.15) is 4.99 Å². The number of benzene rings is 2. The maximum Gasteiger partial charge on any atom is 0.326 e. The minimum absolute atomic E-state index is 0.0345. The fraction of sp³-hybridized carbons (Fsp3) is 0.250. The van der Waals surface area contributed by atoms with Gasteiger partial charge in [0.25, 0.3) is 5.91 Å². The molecule has 2 aromatic carbocycles. The highest BCUT2D eigenvalue weighted by Gasteiger charge is 2.17. The molecule has 29 heavy (non-hydrogen) atoms. The number of carbonyl (C=O) groups excluding carboxylic acids is 2. The van der Waals surface area contributed by atoms with Crippen LogP contribution >= 0.6 is 11.3 Å². The molecule has 4 rings (SSSR count). The van der Waals surface area contributed by atoms with Gasteiger partial charge in [0, 0.05) is 0 Å². The van der Waals surface area contributed by atoms with E-state index >= 15 is 0 Å². The summed E-state index contributed by atoms with van der Waals surface area (Å²) in [4.78, 5) is 28.9. The average Bonchev–Trinajstić information content (AvgIpc) is 3.27. The quantitative estimate of drug-likeness (QED) is 0.598. The molecular weight excluding hydrogens is 399 g/mol. The summed E-state index contributed by atoms with van der Waals surface area (Å²) in [5.41, 5.74) is 0.937. The van der Waals surface area contributed by atoms with E-state index in [1.165, 1.54) is 10.6 Å². The molecule has 2 heterocycles. The Balaban J connectivity index is 1.68. The van der Waals surface area contributed by atoms with Crippen molar-refractivity contribution in [2.75, 3.05) is 13.4 Å². The molecule has 3 aromatic rings. The zero-order valence-corrected chi connectivity index (χ0v) is 16.3. The Morgan fingerprint density at radius 1 is 1.24 bits per heavy atom. The van der Waals surface area contributed by atoms with Crippen LogP contribution in [0.25, 0.3) is 10.2 Å². The second-order valence-corrected chi connectivity index (χ2v) is 7.24. The average molecular weight is 416 g/mol. The standard InChI is InChI=1S/C20H17FN2O5S/c1-2-26-18(25)10-23-19-13(21)4-3-5-16(19)29-20(23)22-17(24)9-12-6-7-14-15(8-12)28-11-27-14/h3-8H,2,9-11H2,1H3. The van der Waals surface area contributed by atoms with Crippen LogP contribution in [-0.4, -0.2) is 29.8 Å². The minimum atomic E-state index is -0.528. The number of fused-ring (bicyclic) bond motifs is 2. The van der Waals surface area contributed by atoms with Crippen molar-refractivity contribution in [3.63, 3.8) is 0 Å². The molecule has 0 aliphatic carbocycles. The lowest BCUT2D eigenvalue weighted by Crippen LogP contribution is -2.23. The highest BCUT2D eigenvalue weighted by atomic mass is 32.1. The summed E-state index contributed by atoms with van der Waals surface area (Å²) >= 11 is 1.14. The van der Waals surface area contributed by atoms with Crippen LogP contribution in [0, 0.1) is 5.82 Å². The highest BCUT2D eigenvalue weighted by molar-refractivity contribution is 7.16. The lowest BCUT2D eigenvalue weighted by atomic mass is 10.1. The van der Waals surface area contributed by atoms with E-state index in [2.05, 4.69) is 4.99 Å². The zero-order valence-electron chi connectivity index (χ0n) is 15.5. The second kappa shape index (κ2) is 8.04. The Labute approximate surface area is 169 Å². The molecule has 0 unspecified atom stereocenters. The molecule has 1 aliphatic heterocycles. The molecule has 0 spiro atoms. The van der Waals surface area contributed by atoms with Crippen LogP contribution in [-0.2, 0) is 27.3 Å². The van der Waals surface area contributed by atoms with Gasteiger partial charge < -0.3 is 18.8 Å². The van der Waals surface area contributed by atoms with E-state index in [4.69, 9.17) is 14.2 Å². The summed E-state index contributed by atoms with van der Waals surface area (Å²) in [5.74, 6) is -0.233. The molecule has 9 heteroatoms. The third-order valence-corrected chi connectivity index (χ3v) is 5.30. The van der Waals surface area contributed by atoms with Crippen molar-refractivity contribution in [1.29, 1.82) is 0 Å². The van der Waals surface area contributed by atoms with Crippen LogP contribution in [0.4, 0.5) is 4.39 Å². The molecular formula is C20H17FN2O5S. The molecule has 0 radical (unpaired) electrons. The Morgan fingerprint density at radius 2 is 2.07 bits per heavy atom. The number of carbonyl (C=O) groups is 2. The van der Waals surface area contributed by atoms with E-state index < -0.39 is 17.7 Å². The second-order valence-electron chi connectivity index (χ2n) is 6.23. The molecule has 0 saturated heterocycles. The summed E-state index contributed by atoms with van der Waals surface area (Å²) in [6.45, 7) is 1.82. The highest BCUT2D eigenvalue weighted by Crippen LogP contribution is 2.32. The maximum atomic E-state index is 14.4. The Morgan fingerprint density at radius 3 is 2.90 bits per heavy atom. The van der Waals surface area contributed by atoms with Gasteiger partial charge >= 0.3 is 5.97 Å². The third-order valence-electron chi connectivity index (χ3n) is 4.26. The number of rotatable bonds is 5. The molecule has 150 valence electrons. The number of ether oxygens (including phenoxy) is 3. The predicted molar refractivity (Wildman–Crippen MR) is 103 cm³/mol. The smallest absolute Gasteiger partial charge is 0.326 e. The number of halogens is 1. The van der Waals surface area contributed by atoms with E-state index in [0.29, 0.717) is 21.8 Å². The van der Waals surface area contributed by atoms with E-state index in [1.807, 2.05) is 0 Å². The molecule has 1 aliphatic rings. The van der Waals surface area contributed by atoms with Crippen LogP contribution in [0.5, 0.6) is 11.5 Å². The van der Waals surface area contributed by atoms with Gasteiger partial charge in [0.1, 0.15) is 12.4 Å². The van der Waals surface area contributed by atoms with Gasteiger partial charge in [-0.3, -0.25) is 9.59 Å². The largest absolute Gasteiger partial charge is 0.465 e. The number of aromatic nitrogens is 1. The lowest BCUT2D eigenvalue weighted by Gasteiger charge is -2.05. The van der Waals surface area contributed by atoms with Crippen molar-refractivity contribution >= 4 is 33.4 Å². The van der Waals surface area contributed by atoms with Crippen LogP contribution in [0.1, 0.15) is 12.5 Å². The van der Waals surface area contributed by atoms with E-state index in [1.54, 1.807) is 37.3 Å². The number of para-hydroxylation sites is 1. The first kappa shape index (κ1) is 19.1. The SMILES string of the molecule is CCOC(=O)Cn1c(=NC(=O)Cc2ccc3c(c2)OCO3)sc2cccc(F)c21. The first-order chi connectivity index (χ1) is 14.0. The van der Waals surface area contributed by atoms with E-state index in [0.717, 1.165) is 11.3 Å². The normalized spacial score (nSPS) is 13.1. The first-order valence-electron chi connectivity index (χ1n) is 8.94. The van der Waals surface area contributed by atoms with E-state index in [-0.39, 0.29) is 36.7 Å². The van der Waals surface area contributed by atoms with Crippen molar-refractivity contribution in [2.24, 2.45) is 4.99 Å². The molecule has 0 atom stereocenters. The topological polar surface area (TPSA) is 79.1 Å². The Bertz CT molecular complexity index is 1170.